The normalized spacial score (nSPS) is 11.8. The van der Waals surface area contributed by atoms with Crippen LogP contribution in [0.1, 0.15) is 44.3 Å². The Hall–Kier alpha value is -2.93. The van der Waals surface area contributed by atoms with Crippen LogP contribution < -0.4 is 10.6 Å². The van der Waals surface area contributed by atoms with Crippen molar-refractivity contribution in [1.29, 1.82) is 0 Å². The van der Waals surface area contributed by atoms with Gasteiger partial charge < -0.3 is 15.1 Å². The number of nitrogens with one attached hydrogen (secondary N) is 2. The van der Waals surface area contributed by atoms with Crippen LogP contribution in [0.2, 0.25) is 0 Å². The van der Waals surface area contributed by atoms with Crippen molar-refractivity contribution in [3.8, 4) is 0 Å². The van der Waals surface area contributed by atoms with E-state index in [4.69, 9.17) is 4.42 Å². The van der Waals surface area contributed by atoms with Gasteiger partial charge in [0.15, 0.2) is 5.76 Å². The van der Waals surface area contributed by atoms with E-state index in [9.17, 15) is 14.0 Å². The number of hydrogen-bond acceptors (Lipinski definition) is 4. The first kappa shape index (κ1) is 17.9. The second-order valence-corrected chi connectivity index (χ2v) is 6.85. The van der Waals surface area contributed by atoms with E-state index in [1.807, 2.05) is 6.92 Å². The van der Waals surface area contributed by atoms with Gasteiger partial charge in [0.05, 0.1) is 22.2 Å². The average Bonchev–Trinajstić information content (AvgIpc) is 3.25. The van der Waals surface area contributed by atoms with Gasteiger partial charge in [-0.25, -0.2) is 4.39 Å². The second kappa shape index (κ2) is 7.53. The van der Waals surface area contributed by atoms with Crippen LogP contribution in [0.4, 0.5) is 9.39 Å². The lowest BCUT2D eigenvalue weighted by molar-refractivity contribution is 0.0942. The SMILES string of the molecule is Cc1cc(NC(=O)c2ccco2)sc1C(=O)NC(C)c1ccc(F)cc1. The van der Waals surface area contributed by atoms with E-state index in [1.54, 1.807) is 37.3 Å². The number of carbonyl (C=O) groups excluding carboxylic acids is 2. The van der Waals surface area contributed by atoms with E-state index in [1.165, 1.54) is 29.7 Å². The van der Waals surface area contributed by atoms with Crippen molar-refractivity contribution in [2.45, 2.75) is 19.9 Å². The van der Waals surface area contributed by atoms with Crippen LogP contribution in [0, 0.1) is 12.7 Å². The summed E-state index contributed by atoms with van der Waals surface area (Å²) in [5.74, 6) is -0.740. The molecule has 0 bridgehead atoms. The molecule has 0 spiro atoms. The summed E-state index contributed by atoms with van der Waals surface area (Å²) in [4.78, 5) is 25.1. The molecule has 3 aromatic rings. The molecule has 0 fully saturated rings. The van der Waals surface area contributed by atoms with Crippen LogP contribution in [0.3, 0.4) is 0 Å². The molecule has 5 nitrogen and oxygen atoms in total. The summed E-state index contributed by atoms with van der Waals surface area (Å²) in [5, 5.41) is 6.16. The van der Waals surface area contributed by atoms with Crippen molar-refractivity contribution in [3.05, 3.63) is 76.3 Å². The van der Waals surface area contributed by atoms with Crippen LogP contribution in [0.5, 0.6) is 0 Å². The van der Waals surface area contributed by atoms with Gasteiger partial charge >= 0.3 is 0 Å². The summed E-state index contributed by atoms with van der Waals surface area (Å²) in [7, 11) is 0. The van der Waals surface area contributed by atoms with Gasteiger partial charge in [-0.1, -0.05) is 12.1 Å². The molecule has 2 aromatic heterocycles. The quantitative estimate of drug-likeness (QED) is 0.691. The number of anilines is 1. The Bertz CT molecular complexity index is 917. The molecule has 2 amide bonds. The molecule has 0 aliphatic carbocycles. The molecule has 2 N–H and O–H groups in total. The number of rotatable bonds is 5. The van der Waals surface area contributed by atoms with Crippen LogP contribution in [-0.2, 0) is 0 Å². The van der Waals surface area contributed by atoms with Crippen molar-refractivity contribution in [3.63, 3.8) is 0 Å². The Kier molecular flexibility index (Phi) is 5.18. The predicted molar refractivity (Wildman–Crippen MR) is 98.0 cm³/mol. The summed E-state index contributed by atoms with van der Waals surface area (Å²) >= 11 is 1.19. The summed E-state index contributed by atoms with van der Waals surface area (Å²) in [6, 6.07) is 10.6. The lowest BCUT2D eigenvalue weighted by Gasteiger charge is -2.14. The fraction of sp³-hybridized carbons (Fsp3) is 0.158. The molecule has 1 unspecified atom stereocenters. The first-order valence-electron chi connectivity index (χ1n) is 7.95. The Labute approximate surface area is 153 Å². The molecule has 3 rings (SSSR count). The summed E-state index contributed by atoms with van der Waals surface area (Å²) in [5.41, 5.74) is 1.56. The molecule has 0 aliphatic rings. The van der Waals surface area contributed by atoms with Crippen molar-refractivity contribution >= 4 is 28.2 Å². The van der Waals surface area contributed by atoms with E-state index < -0.39 is 0 Å². The number of benzene rings is 1. The lowest BCUT2D eigenvalue weighted by Crippen LogP contribution is -2.26. The fourth-order valence-corrected chi connectivity index (χ4v) is 3.42. The third-order valence-electron chi connectivity index (χ3n) is 3.82. The maximum Gasteiger partial charge on any atom is 0.291 e. The third-order valence-corrected chi connectivity index (χ3v) is 4.97. The Morgan fingerprint density at radius 2 is 1.88 bits per heavy atom. The molecular formula is C19H17FN2O3S. The van der Waals surface area contributed by atoms with Gasteiger partial charge in [-0.2, -0.15) is 0 Å². The Morgan fingerprint density at radius 1 is 1.15 bits per heavy atom. The van der Waals surface area contributed by atoms with Gasteiger partial charge in [0.2, 0.25) is 0 Å². The highest BCUT2D eigenvalue weighted by molar-refractivity contribution is 7.18. The first-order chi connectivity index (χ1) is 12.4. The second-order valence-electron chi connectivity index (χ2n) is 5.80. The highest BCUT2D eigenvalue weighted by atomic mass is 32.1. The zero-order valence-electron chi connectivity index (χ0n) is 14.2. The third kappa shape index (κ3) is 4.00. The summed E-state index contributed by atoms with van der Waals surface area (Å²) < 4.78 is 18.1. The highest BCUT2D eigenvalue weighted by Crippen LogP contribution is 2.28. The van der Waals surface area contributed by atoms with Crippen LogP contribution >= 0.6 is 11.3 Å². The molecule has 1 atom stereocenters. The summed E-state index contributed by atoms with van der Waals surface area (Å²) in [6.07, 6.45) is 1.42. The van der Waals surface area contributed by atoms with E-state index in [-0.39, 0.29) is 29.4 Å². The molecule has 1 aromatic carbocycles. The largest absolute Gasteiger partial charge is 0.459 e. The number of furan rings is 1. The minimum atomic E-state index is -0.372. The number of carbonyl (C=O) groups is 2. The van der Waals surface area contributed by atoms with Gasteiger partial charge in [-0.05, 0) is 55.3 Å². The van der Waals surface area contributed by atoms with Gasteiger partial charge in [0, 0.05) is 0 Å². The number of halogens is 1. The number of hydrogen-bond donors (Lipinski definition) is 2. The Balaban J connectivity index is 1.68. The predicted octanol–water partition coefficient (Wildman–Crippen LogP) is 4.53. The van der Waals surface area contributed by atoms with Gasteiger partial charge in [0.25, 0.3) is 11.8 Å². The standard InChI is InChI=1S/C19H17FN2O3S/c1-11-10-16(22-18(23)15-4-3-9-25-15)26-17(11)19(24)21-12(2)13-5-7-14(20)8-6-13/h3-10,12H,1-2H3,(H,21,24)(H,22,23). The summed E-state index contributed by atoms with van der Waals surface area (Å²) in [6.45, 7) is 3.63. The maximum absolute atomic E-state index is 13.0. The number of aryl methyl sites for hydroxylation is 1. The van der Waals surface area contributed by atoms with E-state index in [0.717, 1.165) is 11.1 Å². The molecule has 0 saturated heterocycles. The zero-order valence-corrected chi connectivity index (χ0v) is 15.0. The van der Waals surface area contributed by atoms with E-state index in [0.29, 0.717) is 9.88 Å². The van der Waals surface area contributed by atoms with Crippen molar-refractivity contribution in [2.75, 3.05) is 5.32 Å². The van der Waals surface area contributed by atoms with E-state index in [2.05, 4.69) is 10.6 Å². The number of amides is 2. The van der Waals surface area contributed by atoms with Crippen LogP contribution in [-0.4, -0.2) is 11.8 Å². The van der Waals surface area contributed by atoms with Crippen molar-refractivity contribution in [1.82, 2.24) is 5.32 Å². The highest BCUT2D eigenvalue weighted by Gasteiger charge is 2.18. The monoisotopic (exact) mass is 372 g/mol. The van der Waals surface area contributed by atoms with E-state index >= 15 is 0 Å². The minimum Gasteiger partial charge on any atom is -0.459 e. The van der Waals surface area contributed by atoms with Crippen molar-refractivity contribution in [2.24, 2.45) is 0 Å². The Morgan fingerprint density at radius 3 is 2.54 bits per heavy atom. The van der Waals surface area contributed by atoms with Gasteiger partial charge in [0.1, 0.15) is 5.82 Å². The molecular weight excluding hydrogens is 355 g/mol. The fourth-order valence-electron chi connectivity index (χ4n) is 2.45. The first-order valence-corrected chi connectivity index (χ1v) is 8.77. The molecule has 0 aliphatic heterocycles. The van der Waals surface area contributed by atoms with Crippen LogP contribution in [0.15, 0.2) is 53.1 Å². The molecule has 0 saturated carbocycles. The molecule has 2 heterocycles. The lowest BCUT2D eigenvalue weighted by atomic mass is 10.1. The molecule has 7 heteroatoms. The van der Waals surface area contributed by atoms with Gasteiger partial charge in [-0.3, -0.25) is 9.59 Å². The molecule has 134 valence electrons. The van der Waals surface area contributed by atoms with Crippen LogP contribution in [0.25, 0.3) is 0 Å². The smallest absolute Gasteiger partial charge is 0.291 e. The minimum absolute atomic E-state index is 0.201. The molecule has 26 heavy (non-hydrogen) atoms. The number of thiophene rings is 1. The average molecular weight is 372 g/mol. The molecule has 0 radical (unpaired) electrons. The van der Waals surface area contributed by atoms with Gasteiger partial charge in [-0.15, -0.1) is 11.3 Å². The maximum atomic E-state index is 13.0. The zero-order chi connectivity index (χ0) is 18.7. The van der Waals surface area contributed by atoms with Crippen molar-refractivity contribution < 1.29 is 18.4 Å². The topological polar surface area (TPSA) is 71.3 Å².